The topological polar surface area (TPSA) is 74.2 Å². The Labute approximate surface area is 176 Å². The van der Waals surface area contributed by atoms with E-state index in [2.05, 4.69) is 45.8 Å². The maximum atomic E-state index is 11.0. The fourth-order valence-electron chi connectivity index (χ4n) is 3.79. The van der Waals surface area contributed by atoms with Crippen LogP contribution in [0.1, 0.15) is 28.8 Å². The number of hydrogen-bond acceptors (Lipinski definition) is 5. The number of rotatable bonds is 6. The van der Waals surface area contributed by atoms with Crippen molar-refractivity contribution >= 4 is 23.9 Å². The fraction of sp³-hybridized carbons (Fsp3) is 0.250. The third-order valence-corrected chi connectivity index (χ3v) is 5.29. The van der Waals surface area contributed by atoms with Gasteiger partial charge in [0, 0.05) is 18.8 Å². The van der Waals surface area contributed by atoms with Gasteiger partial charge in [-0.3, -0.25) is 5.43 Å². The summed E-state index contributed by atoms with van der Waals surface area (Å²) in [5, 5.41) is 13.4. The summed E-state index contributed by atoms with van der Waals surface area (Å²) < 4.78 is 5.54. The minimum absolute atomic E-state index is 0.258. The van der Waals surface area contributed by atoms with Gasteiger partial charge in [0.15, 0.2) is 0 Å². The van der Waals surface area contributed by atoms with Crippen LogP contribution in [0.5, 0.6) is 0 Å². The number of ether oxygens (including phenoxy) is 1. The third kappa shape index (κ3) is 4.78. The molecular formula is C24H25N3O3. The van der Waals surface area contributed by atoms with Crippen molar-refractivity contribution in [3.8, 4) is 0 Å². The lowest BCUT2D eigenvalue weighted by atomic mass is 10.1. The molecule has 0 aromatic heterocycles. The van der Waals surface area contributed by atoms with E-state index in [1.807, 2.05) is 12.3 Å². The number of carboxylic acid groups (broad SMARTS) is 1. The number of benzene rings is 2. The molecule has 0 amide bonds. The lowest BCUT2D eigenvalue weighted by Gasteiger charge is -2.31. The lowest BCUT2D eigenvalue weighted by molar-refractivity contribution is 0.0548. The van der Waals surface area contributed by atoms with Gasteiger partial charge in [0.1, 0.15) is 0 Å². The van der Waals surface area contributed by atoms with Gasteiger partial charge in [0.05, 0.1) is 30.7 Å². The standard InChI is InChI=1S/C24H25N3O3/c28-24(29)19-8-10-22(11-9-19)26-25-17-21-7-6-20(16-18-4-2-1-3-5-18)23(21)27-12-14-30-15-13-27/h1-5,8-11,16-17,26H,6-7,12-15H2,(H,28,29)/b20-16-,25-17-. The molecule has 0 unspecified atom stereocenters. The van der Waals surface area contributed by atoms with Crippen LogP contribution in [0.2, 0.25) is 0 Å². The smallest absolute Gasteiger partial charge is 0.335 e. The Balaban J connectivity index is 1.56. The van der Waals surface area contributed by atoms with Crippen molar-refractivity contribution < 1.29 is 14.6 Å². The molecule has 0 atom stereocenters. The first-order chi connectivity index (χ1) is 14.7. The third-order valence-electron chi connectivity index (χ3n) is 5.29. The largest absolute Gasteiger partial charge is 0.478 e. The van der Waals surface area contributed by atoms with Gasteiger partial charge in [-0.1, -0.05) is 30.3 Å². The van der Waals surface area contributed by atoms with Crippen LogP contribution in [0.15, 0.2) is 76.5 Å². The summed E-state index contributed by atoms with van der Waals surface area (Å²) in [4.78, 5) is 13.4. The Hall–Kier alpha value is -3.38. The molecule has 2 aromatic carbocycles. The van der Waals surface area contributed by atoms with Crippen molar-refractivity contribution in [3.63, 3.8) is 0 Å². The van der Waals surface area contributed by atoms with E-state index in [0.717, 1.165) is 44.8 Å². The number of nitrogens with one attached hydrogen (secondary N) is 1. The summed E-state index contributed by atoms with van der Waals surface area (Å²) in [6.45, 7) is 3.23. The molecule has 1 aliphatic heterocycles. The minimum atomic E-state index is -0.936. The summed E-state index contributed by atoms with van der Waals surface area (Å²) in [6.07, 6.45) is 6.08. The van der Waals surface area contributed by atoms with E-state index in [1.165, 1.54) is 22.4 Å². The number of allylic oxidation sites excluding steroid dienone is 2. The highest BCUT2D eigenvalue weighted by molar-refractivity contribution is 5.88. The van der Waals surface area contributed by atoms with E-state index in [1.54, 1.807) is 24.3 Å². The highest BCUT2D eigenvalue weighted by Gasteiger charge is 2.25. The van der Waals surface area contributed by atoms with E-state index in [9.17, 15) is 4.79 Å². The first kappa shape index (κ1) is 19.9. The maximum absolute atomic E-state index is 11.0. The number of hydrazone groups is 1. The zero-order chi connectivity index (χ0) is 20.8. The number of nitrogens with zero attached hydrogens (tertiary/aromatic N) is 2. The van der Waals surface area contributed by atoms with Crippen molar-refractivity contribution in [2.45, 2.75) is 12.8 Å². The van der Waals surface area contributed by atoms with Crippen LogP contribution in [-0.4, -0.2) is 48.5 Å². The van der Waals surface area contributed by atoms with Crippen LogP contribution >= 0.6 is 0 Å². The number of carboxylic acids is 1. The van der Waals surface area contributed by atoms with E-state index in [0.29, 0.717) is 0 Å². The molecule has 1 fully saturated rings. The van der Waals surface area contributed by atoms with Crippen molar-refractivity contribution in [2.75, 3.05) is 31.7 Å². The van der Waals surface area contributed by atoms with Crippen LogP contribution in [-0.2, 0) is 4.74 Å². The molecular weight excluding hydrogens is 378 g/mol. The quantitative estimate of drug-likeness (QED) is 0.557. The summed E-state index contributed by atoms with van der Waals surface area (Å²) in [5.41, 5.74) is 9.01. The molecule has 0 spiro atoms. The molecule has 0 radical (unpaired) electrons. The highest BCUT2D eigenvalue weighted by atomic mass is 16.5. The molecule has 2 aromatic rings. The van der Waals surface area contributed by atoms with Crippen molar-refractivity contribution in [1.82, 2.24) is 4.90 Å². The van der Waals surface area contributed by atoms with Gasteiger partial charge >= 0.3 is 5.97 Å². The van der Waals surface area contributed by atoms with Crippen LogP contribution in [0.25, 0.3) is 6.08 Å². The molecule has 154 valence electrons. The molecule has 1 heterocycles. The predicted molar refractivity (Wildman–Crippen MR) is 119 cm³/mol. The second-order valence-corrected chi connectivity index (χ2v) is 7.31. The van der Waals surface area contributed by atoms with E-state index in [-0.39, 0.29) is 5.56 Å². The molecule has 30 heavy (non-hydrogen) atoms. The molecule has 1 saturated heterocycles. The molecule has 0 saturated carbocycles. The maximum Gasteiger partial charge on any atom is 0.335 e. The summed E-state index contributed by atoms with van der Waals surface area (Å²) in [6, 6.07) is 17.0. The number of carbonyl (C=O) groups is 1. The normalized spacial score (nSPS) is 18.4. The minimum Gasteiger partial charge on any atom is -0.478 e. The van der Waals surface area contributed by atoms with E-state index >= 15 is 0 Å². The number of hydrogen-bond donors (Lipinski definition) is 2. The van der Waals surface area contributed by atoms with Gasteiger partial charge in [-0.05, 0) is 59.9 Å². The van der Waals surface area contributed by atoms with Crippen LogP contribution in [0.3, 0.4) is 0 Å². The Morgan fingerprint density at radius 3 is 2.47 bits per heavy atom. The van der Waals surface area contributed by atoms with Gasteiger partial charge in [0.25, 0.3) is 0 Å². The number of aromatic carboxylic acids is 1. The van der Waals surface area contributed by atoms with E-state index < -0.39 is 5.97 Å². The first-order valence-electron chi connectivity index (χ1n) is 10.1. The van der Waals surface area contributed by atoms with Gasteiger partial charge < -0.3 is 14.7 Å². The molecule has 4 rings (SSSR count). The Bertz CT molecular complexity index is 973. The van der Waals surface area contributed by atoms with Crippen molar-refractivity contribution in [2.24, 2.45) is 5.10 Å². The Morgan fingerprint density at radius 1 is 1.03 bits per heavy atom. The molecule has 2 aliphatic rings. The van der Waals surface area contributed by atoms with Crippen molar-refractivity contribution in [1.29, 1.82) is 0 Å². The molecule has 6 heteroatoms. The number of anilines is 1. The second-order valence-electron chi connectivity index (χ2n) is 7.31. The molecule has 6 nitrogen and oxygen atoms in total. The van der Waals surface area contributed by atoms with Gasteiger partial charge in [-0.25, -0.2) is 4.79 Å². The summed E-state index contributed by atoms with van der Waals surface area (Å²) >= 11 is 0. The van der Waals surface area contributed by atoms with Crippen LogP contribution in [0, 0.1) is 0 Å². The fourth-order valence-corrected chi connectivity index (χ4v) is 3.79. The highest BCUT2D eigenvalue weighted by Crippen LogP contribution is 2.35. The molecule has 0 bridgehead atoms. The number of morpholine rings is 1. The Morgan fingerprint density at radius 2 is 1.77 bits per heavy atom. The van der Waals surface area contributed by atoms with Gasteiger partial charge in [-0.2, -0.15) is 5.10 Å². The van der Waals surface area contributed by atoms with Crippen molar-refractivity contribution in [3.05, 3.63) is 82.6 Å². The lowest BCUT2D eigenvalue weighted by Crippen LogP contribution is -2.36. The molecule has 1 aliphatic carbocycles. The Kier molecular flexibility index (Phi) is 6.25. The zero-order valence-corrected chi connectivity index (χ0v) is 16.8. The summed E-state index contributed by atoms with van der Waals surface area (Å²) in [7, 11) is 0. The first-order valence-corrected chi connectivity index (χ1v) is 10.1. The van der Waals surface area contributed by atoms with Gasteiger partial charge in [-0.15, -0.1) is 0 Å². The summed E-state index contributed by atoms with van der Waals surface area (Å²) in [5.74, 6) is -0.936. The van der Waals surface area contributed by atoms with Gasteiger partial charge in [0.2, 0.25) is 0 Å². The van der Waals surface area contributed by atoms with Crippen LogP contribution < -0.4 is 5.43 Å². The average Bonchev–Trinajstić information content (AvgIpc) is 3.17. The van der Waals surface area contributed by atoms with E-state index in [4.69, 9.17) is 9.84 Å². The molecule has 2 N–H and O–H groups in total. The predicted octanol–water partition coefficient (Wildman–Crippen LogP) is 4.25. The zero-order valence-electron chi connectivity index (χ0n) is 16.8. The SMILES string of the molecule is O=C(O)c1ccc(N/N=C\C2=C(N3CCOCC3)C(=C\c3ccccc3)/CC2)cc1. The van der Waals surface area contributed by atoms with Crippen LogP contribution in [0.4, 0.5) is 5.69 Å². The average molecular weight is 403 g/mol. The monoisotopic (exact) mass is 403 g/mol. The second kappa shape index (κ2) is 9.41.